The minimum Gasteiger partial charge on any atom is -0.383 e. The molecule has 1 aromatic carbocycles. The van der Waals surface area contributed by atoms with Crippen molar-refractivity contribution in [3.63, 3.8) is 0 Å². The van der Waals surface area contributed by atoms with Gasteiger partial charge < -0.3 is 5.73 Å². The van der Waals surface area contributed by atoms with Crippen molar-refractivity contribution in [3.8, 4) is 11.4 Å². The van der Waals surface area contributed by atoms with Gasteiger partial charge in [-0.1, -0.05) is 38.5 Å². The Morgan fingerprint density at radius 1 is 1.10 bits per heavy atom. The number of hydrogen-bond donors (Lipinski definition) is 1. The highest BCUT2D eigenvalue weighted by molar-refractivity contribution is 9.10. The second-order valence-electron chi connectivity index (χ2n) is 6.16. The molecule has 0 aliphatic heterocycles. The molecule has 0 radical (unpaired) electrons. The zero-order valence-electron chi connectivity index (χ0n) is 12.6. The summed E-state index contributed by atoms with van der Waals surface area (Å²) < 4.78 is 0.791. The molecular weight excluding hydrogens is 314 g/mol. The predicted molar refractivity (Wildman–Crippen MR) is 87.8 cm³/mol. The topological polar surface area (TPSA) is 51.8 Å². The van der Waals surface area contributed by atoms with Gasteiger partial charge in [0.05, 0.1) is 10.2 Å². The third kappa shape index (κ3) is 2.85. The molecule has 4 heteroatoms. The molecule has 0 aliphatic carbocycles. The zero-order valence-corrected chi connectivity index (χ0v) is 14.2. The van der Waals surface area contributed by atoms with E-state index in [1.54, 1.807) is 0 Å². The van der Waals surface area contributed by atoms with Crippen LogP contribution < -0.4 is 5.73 Å². The van der Waals surface area contributed by atoms with Crippen molar-refractivity contribution >= 4 is 21.7 Å². The van der Waals surface area contributed by atoms with Crippen LogP contribution in [0.5, 0.6) is 0 Å². The minimum atomic E-state index is -0.0949. The van der Waals surface area contributed by atoms with E-state index in [2.05, 4.69) is 73.7 Å². The fourth-order valence-corrected chi connectivity index (χ4v) is 2.83. The number of benzene rings is 1. The number of aryl methyl sites for hydroxylation is 2. The van der Waals surface area contributed by atoms with Gasteiger partial charge in [-0.05, 0) is 41.4 Å². The molecule has 0 aliphatic rings. The highest BCUT2D eigenvalue weighted by Gasteiger charge is 2.23. The van der Waals surface area contributed by atoms with Gasteiger partial charge in [0.1, 0.15) is 5.82 Å². The van der Waals surface area contributed by atoms with E-state index < -0.39 is 0 Å². The monoisotopic (exact) mass is 333 g/mol. The summed E-state index contributed by atoms with van der Waals surface area (Å²) in [5, 5.41) is 0. The van der Waals surface area contributed by atoms with E-state index in [9.17, 15) is 0 Å². The van der Waals surface area contributed by atoms with Gasteiger partial charge in [0.2, 0.25) is 0 Å². The average molecular weight is 334 g/mol. The van der Waals surface area contributed by atoms with Crippen molar-refractivity contribution in [2.45, 2.75) is 40.0 Å². The molecule has 0 saturated heterocycles. The second kappa shape index (κ2) is 5.17. The Hall–Kier alpha value is -1.42. The van der Waals surface area contributed by atoms with E-state index in [1.165, 1.54) is 5.56 Å². The van der Waals surface area contributed by atoms with Crippen LogP contribution in [0.1, 0.15) is 37.6 Å². The number of anilines is 1. The fourth-order valence-electron chi connectivity index (χ4n) is 2.06. The molecule has 0 bridgehead atoms. The van der Waals surface area contributed by atoms with Crippen LogP contribution in [0, 0.1) is 13.8 Å². The molecule has 0 amide bonds. The largest absolute Gasteiger partial charge is 0.383 e. The maximum absolute atomic E-state index is 6.05. The minimum absolute atomic E-state index is 0.0949. The second-order valence-corrected chi connectivity index (χ2v) is 6.96. The lowest BCUT2D eigenvalue weighted by atomic mass is 9.91. The summed E-state index contributed by atoms with van der Waals surface area (Å²) in [4.78, 5) is 9.18. The van der Waals surface area contributed by atoms with E-state index in [1.807, 2.05) is 0 Å². The van der Waals surface area contributed by atoms with Crippen LogP contribution in [0.25, 0.3) is 11.4 Å². The van der Waals surface area contributed by atoms with Crippen LogP contribution in [0.3, 0.4) is 0 Å². The summed E-state index contributed by atoms with van der Waals surface area (Å²) in [5.74, 6) is 1.18. The van der Waals surface area contributed by atoms with E-state index in [0.717, 1.165) is 21.3 Å². The van der Waals surface area contributed by atoms with Gasteiger partial charge in [0.15, 0.2) is 5.82 Å². The Labute approximate surface area is 128 Å². The summed E-state index contributed by atoms with van der Waals surface area (Å²) in [6.07, 6.45) is 0. The molecule has 0 unspecified atom stereocenters. The molecule has 2 N–H and O–H groups in total. The summed E-state index contributed by atoms with van der Waals surface area (Å²) in [7, 11) is 0. The number of nitrogens with zero attached hydrogens (tertiary/aromatic N) is 2. The van der Waals surface area contributed by atoms with E-state index >= 15 is 0 Å². The SMILES string of the molecule is Cc1ccc(C)c(-c2nc(N)c(Br)c(C(C)(C)C)n2)c1. The van der Waals surface area contributed by atoms with Crippen LogP contribution >= 0.6 is 15.9 Å². The number of nitrogens with two attached hydrogens (primary N) is 1. The first kappa shape index (κ1) is 15.0. The third-order valence-electron chi connectivity index (χ3n) is 3.22. The molecule has 0 spiro atoms. The van der Waals surface area contributed by atoms with Crippen LogP contribution in [-0.2, 0) is 5.41 Å². The molecule has 0 atom stereocenters. The quantitative estimate of drug-likeness (QED) is 0.841. The van der Waals surface area contributed by atoms with E-state index in [0.29, 0.717) is 11.6 Å². The van der Waals surface area contributed by atoms with Gasteiger partial charge in [-0.3, -0.25) is 0 Å². The zero-order chi connectivity index (χ0) is 15.1. The Morgan fingerprint density at radius 3 is 2.35 bits per heavy atom. The number of halogens is 1. The Balaban J connectivity index is 2.70. The highest BCUT2D eigenvalue weighted by Crippen LogP contribution is 2.33. The lowest BCUT2D eigenvalue weighted by molar-refractivity contribution is 0.564. The van der Waals surface area contributed by atoms with Gasteiger partial charge in [0.25, 0.3) is 0 Å². The first-order chi connectivity index (χ1) is 9.20. The fraction of sp³-hybridized carbons (Fsp3) is 0.375. The van der Waals surface area contributed by atoms with E-state index in [4.69, 9.17) is 10.7 Å². The molecule has 1 heterocycles. The van der Waals surface area contributed by atoms with Crippen molar-refractivity contribution < 1.29 is 0 Å². The Kier molecular flexibility index (Phi) is 3.87. The summed E-state index contributed by atoms with van der Waals surface area (Å²) >= 11 is 3.51. The third-order valence-corrected chi connectivity index (χ3v) is 4.00. The van der Waals surface area contributed by atoms with Crippen LogP contribution in [0.4, 0.5) is 5.82 Å². The molecule has 106 valence electrons. The lowest BCUT2D eigenvalue weighted by Crippen LogP contribution is -2.17. The van der Waals surface area contributed by atoms with Crippen molar-refractivity contribution in [1.82, 2.24) is 9.97 Å². The average Bonchev–Trinajstić information content (AvgIpc) is 2.34. The van der Waals surface area contributed by atoms with Crippen molar-refractivity contribution in [1.29, 1.82) is 0 Å². The van der Waals surface area contributed by atoms with Gasteiger partial charge in [-0.2, -0.15) is 0 Å². The molecule has 0 saturated carbocycles. The maximum atomic E-state index is 6.05. The van der Waals surface area contributed by atoms with E-state index in [-0.39, 0.29) is 5.41 Å². The standard InChI is InChI=1S/C16H20BrN3/c1-9-6-7-10(2)11(8-9)15-19-13(16(3,4)5)12(17)14(18)20-15/h6-8H,1-5H3,(H2,18,19,20). The summed E-state index contributed by atoms with van der Waals surface area (Å²) in [6.45, 7) is 10.5. The molecular formula is C16H20BrN3. The normalized spacial score (nSPS) is 11.7. The van der Waals surface area contributed by atoms with Crippen LogP contribution in [0.2, 0.25) is 0 Å². The molecule has 3 nitrogen and oxygen atoms in total. The number of aromatic nitrogens is 2. The molecule has 0 fully saturated rings. The van der Waals surface area contributed by atoms with Gasteiger partial charge >= 0.3 is 0 Å². The Morgan fingerprint density at radius 2 is 1.75 bits per heavy atom. The number of rotatable bonds is 1. The van der Waals surface area contributed by atoms with Gasteiger partial charge in [-0.25, -0.2) is 9.97 Å². The van der Waals surface area contributed by atoms with Crippen molar-refractivity contribution in [3.05, 3.63) is 39.5 Å². The smallest absolute Gasteiger partial charge is 0.162 e. The molecule has 20 heavy (non-hydrogen) atoms. The first-order valence-electron chi connectivity index (χ1n) is 6.61. The lowest BCUT2D eigenvalue weighted by Gasteiger charge is -2.21. The predicted octanol–water partition coefficient (Wildman–Crippen LogP) is 4.40. The summed E-state index contributed by atoms with van der Waals surface area (Å²) in [6, 6.07) is 6.28. The van der Waals surface area contributed by atoms with Crippen molar-refractivity contribution in [2.24, 2.45) is 0 Å². The summed E-state index contributed by atoms with van der Waals surface area (Å²) in [5.41, 5.74) is 10.3. The highest BCUT2D eigenvalue weighted by atomic mass is 79.9. The molecule has 1 aromatic heterocycles. The molecule has 2 rings (SSSR count). The number of hydrogen-bond acceptors (Lipinski definition) is 3. The number of nitrogen functional groups attached to an aromatic ring is 1. The van der Waals surface area contributed by atoms with Crippen molar-refractivity contribution in [2.75, 3.05) is 5.73 Å². The maximum Gasteiger partial charge on any atom is 0.162 e. The van der Waals surface area contributed by atoms with Gasteiger partial charge in [-0.15, -0.1) is 0 Å². The van der Waals surface area contributed by atoms with Gasteiger partial charge in [0, 0.05) is 11.0 Å². The van der Waals surface area contributed by atoms with Crippen LogP contribution in [0.15, 0.2) is 22.7 Å². The Bertz CT molecular complexity index is 658. The molecule has 2 aromatic rings. The first-order valence-corrected chi connectivity index (χ1v) is 7.40. The van der Waals surface area contributed by atoms with Crippen LogP contribution in [-0.4, -0.2) is 9.97 Å².